The summed E-state index contributed by atoms with van der Waals surface area (Å²) in [5, 5.41) is 1.24. The fraction of sp³-hybridized carbons (Fsp3) is 0.211. The molecule has 0 atom stereocenters. The van der Waals surface area contributed by atoms with E-state index in [-0.39, 0.29) is 70.3 Å². The number of fused-ring (bicyclic) bond motifs is 7. The van der Waals surface area contributed by atoms with Crippen LogP contribution in [0.4, 0.5) is 22.7 Å². The summed E-state index contributed by atoms with van der Waals surface area (Å²) in [6, 6.07) is 53.9. The first-order chi connectivity index (χ1) is 42.5. The molecule has 4 heterocycles. The van der Waals surface area contributed by atoms with Crippen molar-refractivity contribution < 1.29 is 36.8 Å². The van der Waals surface area contributed by atoms with Crippen LogP contribution in [0, 0.1) is 18.8 Å². The third kappa shape index (κ3) is 10.1. The minimum atomic E-state index is -0.524. The van der Waals surface area contributed by atoms with E-state index in [1.54, 1.807) is 16.8 Å². The van der Waals surface area contributed by atoms with Crippen LogP contribution in [0.1, 0.15) is 116 Å². The maximum atomic E-state index is 9.54. The summed E-state index contributed by atoms with van der Waals surface area (Å²) >= 11 is 0. The number of hydrogen-bond acceptors (Lipinski definition) is 4. The largest absolute Gasteiger partial charge is 0.509 e. The van der Waals surface area contributed by atoms with Gasteiger partial charge in [0.15, 0.2) is 0 Å². The van der Waals surface area contributed by atoms with Crippen molar-refractivity contribution in [3.05, 3.63) is 241 Å². The number of rotatable bonds is 8. The topological polar surface area (TPSA) is 38.5 Å². The smallest absolute Gasteiger partial charge is 0.135 e. The summed E-state index contributed by atoms with van der Waals surface area (Å²) in [6.07, 6.45) is 1.78. The van der Waals surface area contributed by atoms with Crippen molar-refractivity contribution in [2.75, 3.05) is 9.80 Å². The van der Waals surface area contributed by atoms with Gasteiger partial charge in [-0.25, -0.2) is 4.98 Å². The number of nitrogens with zero attached hydrogens (tertiary/aromatic N) is 5. The molecular formula is C76H70N5OPt-3. The van der Waals surface area contributed by atoms with E-state index < -0.39 is 48.3 Å². The van der Waals surface area contributed by atoms with E-state index in [1.807, 2.05) is 59.2 Å². The Labute approximate surface area is 515 Å². The summed E-state index contributed by atoms with van der Waals surface area (Å²) in [4.78, 5) is 9.34. The predicted molar refractivity (Wildman–Crippen MR) is 344 cm³/mol. The van der Waals surface area contributed by atoms with E-state index in [0.717, 1.165) is 55.8 Å². The Morgan fingerprint density at radius 1 is 0.446 bits per heavy atom. The second-order valence-corrected chi connectivity index (χ2v) is 25.8. The molecular weight excluding hydrogens is 1190 g/mol. The molecule has 12 aromatic rings. The molecule has 83 heavy (non-hydrogen) atoms. The predicted octanol–water partition coefficient (Wildman–Crippen LogP) is 20.6. The number of ether oxygens (including phenoxy) is 1. The van der Waals surface area contributed by atoms with Gasteiger partial charge in [-0.2, -0.15) is 6.07 Å². The molecule has 1 aliphatic rings. The van der Waals surface area contributed by atoms with E-state index in [9.17, 15) is 5.48 Å². The quantitative estimate of drug-likeness (QED) is 0.142. The average Bonchev–Trinajstić information content (AvgIpc) is 1.51. The second kappa shape index (κ2) is 20.6. The number of pyridine rings is 1. The molecule has 0 saturated heterocycles. The molecule has 0 fully saturated rings. The number of aromatic nitrogens is 3. The number of para-hydroxylation sites is 3. The van der Waals surface area contributed by atoms with Crippen molar-refractivity contribution in [3.63, 3.8) is 0 Å². The third-order valence-electron chi connectivity index (χ3n) is 15.9. The summed E-state index contributed by atoms with van der Waals surface area (Å²) in [7, 11) is 0. The molecule has 0 N–H and O–H groups in total. The normalized spacial score (nSPS) is 14.5. The Kier molecular flexibility index (Phi) is 11.5. The first-order valence-corrected chi connectivity index (χ1v) is 28.1. The Morgan fingerprint density at radius 3 is 1.65 bits per heavy atom. The molecule has 9 aromatic carbocycles. The zero-order valence-electron chi connectivity index (χ0n) is 57.0. The molecule has 0 aliphatic carbocycles. The maximum absolute atomic E-state index is 9.54. The molecule has 0 radical (unpaired) electrons. The van der Waals surface area contributed by atoms with Crippen LogP contribution < -0.4 is 14.5 Å². The molecule has 0 unspecified atom stereocenters. The van der Waals surface area contributed by atoms with Gasteiger partial charge in [0, 0.05) is 72.1 Å². The van der Waals surface area contributed by atoms with Gasteiger partial charge in [-0.15, -0.1) is 42.7 Å². The maximum Gasteiger partial charge on any atom is 0.135 e. The van der Waals surface area contributed by atoms with Gasteiger partial charge in [0.25, 0.3) is 0 Å². The van der Waals surface area contributed by atoms with Crippen LogP contribution in [0.5, 0.6) is 11.5 Å². The van der Waals surface area contributed by atoms with Crippen molar-refractivity contribution >= 4 is 66.4 Å². The van der Waals surface area contributed by atoms with Gasteiger partial charge in [-0.3, -0.25) is 0 Å². The Hall–Kier alpha value is -8.18. The third-order valence-corrected chi connectivity index (χ3v) is 15.9. The van der Waals surface area contributed by atoms with Crippen LogP contribution in [0.2, 0.25) is 0 Å². The van der Waals surface area contributed by atoms with Crippen LogP contribution in [0.3, 0.4) is 0 Å². The van der Waals surface area contributed by atoms with Gasteiger partial charge in [-0.1, -0.05) is 209 Å². The van der Waals surface area contributed by atoms with Crippen LogP contribution in [0.15, 0.2) is 200 Å². The Bertz CT molecular complexity index is 4820. The van der Waals surface area contributed by atoms with Crippen LogP contribution in [-0.4, -0.2) is 14.1 Å². The molecule has 13 rings (SSSR count). The minimum absolute atomic E-state index is 0. The molecule has 0 spiro atoms. The number of hydrogen-bond donors (Lipinski definition) is 0. The van der Waals surface area contributed by atoms with Crippen LogP contribution in [0.25, 0.3) is 77.4 Å². The standard InChI is InChI=1S/C76H70N5O.Pt/c1-73(2,3)53-35-32-50(33-36-53)49-28-30-51(31-29-49)52-34-37-67-68(40-52)79(58-42-55(75(7,8)9)41-56(43-58)76(10,11)12)48-78(67)57-20-19-21-59(45-57)82-60-46-69(80-64-25-16-13-22-61(64)62-23-14-17-26-65(62)80)72-63-24-15-18-27-66(63)81(70(72)47-60)71-44-54(38-39-77-71)74(4,5)6;/h13-44,46,48H,1-12H3;/q-3;/i13D,14D,16D,17D,22D,23D,25D,26D;. The zero-order chi connectivity index (χ0) is 64.0. The summed E-state index contributed by atoms with van der Waals surface area (Å²) < 4.78 is 83.9. The number of anilines is 4. The first kappa shape index (κ1) is 46.3. The van der Waals surface area contributed by atoms with Gasteiger partial charge in [0.1, 0.15) is 5.82 Å². The van der Waals surface area contributed by atoms with E-state index >= 15 is 0 Å². The molecule has 0 amide bonds. The molecule has 7 heteroatoms. The summed E-state index contributed by atoms with van der Waals surface area (Å²) in [5.41, 5.74) is 13.9. The Morgan fingerprint density at radius 2 is 1.02 bits per heavy atom. The molecule has 3 aromatic heterocycles. The van der Waals surface area contributed by atoms with Crippen molar-refractivity contribution in [1.82, 2.24) is 14.1 Å². The SMILES string of the molecule is [2H]c1c([2H])c([2H])c2c(c1[2H])c1c([2H])c([2H])c([2H])c([2H])c1n2-c1cc(Oc2[c-]c(N3[CH-]N(c4cc(C(C)(C)C)cc(C(C)(C)C)c4)c4cc(-c5ccc(-c6ccc(C(C)(C)C)cc6)cc5)ccc43)ccc2)[c-]c2c1c1ccccc1n2-c1cc(C(C)(C)C)ccn1.[Pt]. The fourth-order valence-electron chi connectivity index (χ4n) is 11.2. The van der Waals surface area contributed by atoms with Gasteiger partial charge in [0.2, 0.25) is 0 Å². The fourth-order valence-corrected chi connectivity index (χ4v) is 11.2. The van der Waals surface area contributed by atoms with Gasteiger partial charge >= 0.3 is 0 Å². The summed E-state index contributed by atoms with van der Waals surface area (Å²) in [6.45, 7) is 28.7. The number of benzene rings is 9. The molecule has 0 saturated carbocycles. The second-order valence-electron chi connectivity index (χ2n) is 25.8. The first-order valence-electron chi connectivity index (χ1n) is 32.1. The van der Waals surface area contributed by atoms with E-state index in [1.165, 1.54) is 16.7 Å². The minimum Gasteiger partial charge on any atom is -0.509 e. The van der Waals surface area contributed by atoms with E-state index in [4.69, 9.17) is 15.2 Å². The zero-order valence-corrected chi connectivity index (χ0v) is 51.2. The van der Waals surface area contributed by atoms with E-state index in [2.05, 4.69) is 197 Å². The van der Waals surface area contributed by atoms with E-state index in [0.29, 0.717) is 33.8 Å². The van der Waals surface area contributed by atoms with Gasteiger partial charge < -0.3 is 23.7 Å². The molecule has 1 aliphatic heterocycles. The Balaban J connectivity index is 0.00000800. The summed E-state index contributed by atoms with van der Waals surface area (Å²) in [5.74, 6) is 1.11. The van der Waals surface area contributed by atoms with Gasteiger partial charge in [0.05, 0.1) is 22.0 Å². The van der Waals surface area contributed by atoms with Crippen molar-refractivity contribution in [1.29, 1.82) is 0 Å². The van der Waals surface area contributed by atoms with Gasteiger partial charge in [-0.05, 0) is 132 Å². The van der Waals surface area contributed by atoms with Crippen LogP contribution >= 0.6 is 0 Å². The van der Waals surface area contributed by atoms with Crippen molar-refractivity contribution in [3.8, 4) is 45.3 Å². The van der Waals surface area contributed by atoms with Crippen molar-refractivity contribution in [2.24, 2.45) is 0 Å². The molecule has 0 bridgehead atoms. The van der Waals surface area contributed by atoms with Crippen LogP contribution in [-0.2, 0) is 42.7 Å². The molecule has 6 nitrogen and oxygen atoms in total. The molecule has 418 valence electrons. The monoisotopic (exact) mass is 1270 g/mol. The average molecular weight is 1270 g/mol. The van der Waals surface area contributed by atoms with Crippen molar-refractivity contribution in [2.45, 2.75) is 105 Å².